The van der Waals surface area contributed by atoms with E-state index in [0.717, 1.165) is 0 Å². The largest absolute Gasteiger partial charge is 0.139 e. The van der Waals surface area contributed by atoms with Gasteiger partial charge in [-0.05, 0) is 17.4 Å². The van der Waals surface area contributed by atoms with Crippen LogP contribution in [-0.2, 0) is 0 Å². The van der Waals surface area contributed by atoms with Crippen molar-refractivity contribution in [3.63, 3.8) is 0 Å². The first-order valence-corrected chi connectivity index (χ1v) is 2.25. The molecule has 0 bridgehead atoms. The van der Waals surface area contributed by atoms with Gasteiger partial charge in [-0.1, -0.05) is 6.08 Å². The molecular weight excluding hydrogens is 102 g/mol. The molecule has 1 heterocycles. The van der Waals surface area contributed by atoms with Gasteiger partial charge in [0.1, 0.15) is 0 Å². The van der Waals surface area contributed by atoms with Gasteiger partial charge >= 0.3 is 0 Å². The van der Waals surface area contributed by atoms with Crippen molar-refractivity contribution < 1.29 is 0 Å². The Bertz CT molecular complexity index is 109. The summed E-state index contributed by atoms with van der Waals surface area (Å²) in [4.78, 5) is 0. The molecule has 0 saturated heterocycles. The zero-order valence-corrected chi connectivity index (χ0v) is 4.23. The molecule has 0 unspecified atom stereocenters. The van der Waals surface area contributed by atoms with Crippen LogP contribution >= 0.6 is 0 Å². The predicted octanol–water partition coefficient (Wildman–Crippen LogP) is 1.51. The lowest BCUT2D eigenvalue weighted by Gasteiger charge is -1.75. The summed E-state index contributed by atoms with van der Waals surface area (Å²) in [6.07, 6.45) is 8.56. The van der Waals surface area contributed by atoms with Gasteiger partial charge in [0.15, 0.2) is 0 Å². The van der Waals surface area contributed by atoms with Crippen LogP contribution in [0.25, 0.3) is 0 Å². The van der Waals surface area contributed by atoms with Crippen LogP contribution in [0.15, 0.2) is 39.9 Å². The van der Waals surface area contributed by atoms with Crippen molar-refractivity contribution in [2.45, 2.75) is 0 Å². The predicted molar refractivity (Wildman–Crippen MR) is 31.6 cm³/mol. The molecule has 0 fully saturated rings. The van der Waals surface area contributed by atoms with Crippen LogP contribution in [-0.4, -0.2) is 6.21 Å². The number of hydrogen-bond acceptors (Lipinski definition) is 3. The molecule has 1 rings (SSSR count). The SMILES string of the molecule is C1=C/C=C\N=NN=C1. The van der Waals surface area contributed by atoms with Gasteiger partial charge in [0.25, 0.3) is 0 Å². The Hall–Kier alpha value is -1.25. The highest BCUT2D eigenvalue weighted by Crippen LogP contribution is 1.84. The number of allylic oxidation sites excluding steroid dienone is 3. The van der Waals surface area contributed by atoms with Gasteiger partial charge in [0, 0.05) is 0 Å². The van der Waals surface area contributed by atoms with E-state index in [1.54, 1.807) is 24.6 Å². The first-order valence-electron chi connectivity index (χ1n) is 2.25. The molecule has 0 saturated carbocycles. The topological polar surface area (TPSA) is 37.1 Å². The quantitative estimate of drug-likeness (QED) is 0.450. The Morgan fingerprint density at radius 1 is 1.00 bits per heavy atom. The minimum atomic E-state index is 1.58. The van der Waals surface area contributed by atoms with Crippen LogP contribution in [0.4, 0.5) is 0 Å². The van der Waals surface area contributed by atoms with Crippen molar-refractivity contribution in [1.82, 2.24) is 0 Å². The summed E-state index contributed by atoms with van der Waals surface area (Å²) in [5.74, 6) is 0. The highest BCUT2D eigenvalue weighted by molar-refractivity contribution is 5.71. The summed E-state index contributed by atoms with van der Waals surface area (Å²) < 4.78 is 0. The van der Waals surface area contributed by atoms with Crippen LogP contribution in [0.2, 0.25) is 0 Å². The van der Waals surface area contributed by atoms with E-state index in [4.69, 9.17) is 0 Å². The highest BCUT2D eigenvalue weighted by atomic mass is 15.3. The van der Waals surface area contributed by atoms with E-state index in [1.807, 2.05) is 6.08 Å². The Labute approximate surface area is 47.1 Å². The molecule has 0 aromatic rings. The number of nitrogens with zero attached hydrogens (tertiary/aromatic N) is 3. The Morgan fingerprint density at radius 3 is 3.00 bits per heavy atom. The maximum Gasteiger partial charge on any atom is 0.0513 e. The van der Waals surface area contributed by atoms with Gasteiger partial charge in [-0.25, -0.2) is 0 Å². The lowest BCUT2D eigenvalue weighted by molar-refractivity contribution is 1.06. The molecule has 0 aromatic carbocycles. The molecule has 0 atom stereocenters. The number of rotatable bonds is 0. The summed E-state index contributed by atoms with van der Waals surface area (Å²) in [6.45, 7) is 0. The van der Waals surface area contributed by atoms with Gasteiger partial charge in [0.05, 0.1) is 12.4 Å². The summed E-state index contributed by atoms with van der Waals surface area (Å²) >= 11 is 0. The molecule has 0 aliphatic carbocycles. The zero-order valence-electron chi connectivity index (χ0n) is 4.23. The molecule has 3 heteroatoms. The van der Waals surface area contributed by atoms with Crippen LogP contribution in [0, 0.1) is 0 Å². The zero-order chi connectivity index (χ0) is 5.66. The maximum absolute atomic E-state index is 3.53. The van der Waals surface area contributed by atoms with Crippen LogP contribution in [0.3, 0.4) is 0 Å². The molecule has 0 N–H and O–H groups in total. The van der Waals surface area contributed by atoms with E-state index >= 15 is 0 Å². The Balaban J connectivity index is 2.67. The molecule has 0 amide bonds. The fourth-order valence-corrected chi connectivity index (χ4v) is 0.330. The minimum absolute atomic E-state index is 1.58. The van der Waals surface area contributed by atoms with Crippen molar-refractivity contribution in [3.8, 4) is 0 Å². The molecule has 40 valence electrons. The first-order chi connectivity index (χ1) is 4.00. The van der Waals surface area contributed by atoms with E-state index in [1.165, 1.54) is 0 Å². The Morgan fingerprint density at radius 2 is 2.00 bits per heavy atom. The van der Waals surface area contributed by atoms with E-state index in [2.05, 4.69) is 15.4 Å². The molecular formula is C5H5N3. The third-order valence-electron chi connectivity index (χ3n) is 0.631. The second kappa shape index (κ2) is 2.85. The summed E-state index contributed by atoms with van der Waals surface area (Å²) in [6, 6.07) is 0. The average molecular weight is 107 g/mol. The molecule has 0 radical (unpaired) electrons. The first kappa shape index (κ1) is 4.90. The maximum atomic E-state index is 3.53. The van der Waals surface area contributed by atoms with Gasteiger partial charge in [-0.2, -0.15) is 0 Å². The number of hydrogen-bond donors (Lipinski definition) is 0. The normalized spacial score (nSPS) is 20.0. The van der Waals surface area contributed by atoms with E-state index < -0.39 is 0 Å². The third-order valence-corrected chi connectivity index (χ3v) is 0.631. The van der Waals surface area contributed by atoms with Crippen molar-refractivity contribution in [3.05, 3.63) is 24.4 Å². The smallest absolute Gasteiger partial charge is 0.0513 e. The van der Waals surface area contributed by atoms with Crippen molar-refractivity contribution in [1.29, 1.82) is 0 Å². The molecule has 1 aliphatic rings. The standard InChI is InChI=1S/C5H5N3/c1-2-4-6-8-7-5-3-1/h1-5H/b2-1?,3-1?,4-2-,5-3?,6-4?,7-5?,8-6?,8-7?. The van der Waals surface area contributed by atoms with Crippen molar-refractivity contribution >= 4 is 6.21 Å². The summed E-state index contributed by atoms with van der Waals surface area (Å²) in [7, 11) is 0. The lowest BCUT2D eigenvalue weighted by Crippen LogP contribution is -1.62. The second-order valence-electron chi connectivity index (χ2n) is 1.20. The van der Waals surface area contributed by atoms with Gasteiger partial charge < -0.3 is 0 Å². The van der Waals surface area contributed by atoms with E-state index in [9.17, 15) is 0 Å². The summed E-state index contributed by atoms with van der Waals surface area (Å²) in [5.41, 5.74) is 0. The van der Waals surface area contributed by atoms with Crippen molar-refractivity contribution in [2.75, 3.05) is 0 Å². The minimum Gasteiger partial charge on any atom is -0.139 e. The van der Waals surface area contributed by atoms with E-state index in [-0.39, 0.29) is 0 Å². The molecule has 0 spiro atoms. The lowest BCUT2D eigenvalue weighted by atomic mass is 10.5. The molecule has 1 aliphatic heterocycles. The molecule has 8 heavy (non-hydrogen) atoms. The fraction of sp³-hybridized carbons (Fsp3) is 0. The molecule has 3 nitrogen and oxygen atoms in total. The van der Waals surface area contributed by atoms with E-state index in [0.29, 0.717) is 0 Å². The van der Waals surface area contributed by atoms with Gasteiger partial charge in [0.2, 0.25) is 0 Å². The monoisotopic (exact) mass is 107 g/mol. The van der Waals surface area contributed by atoms with Crippen molar-refractivity contribution in [2.24, 2.45) is 15.4 Å². The third kappa shape index (κ3) is 1.47. The second-order valence-corrected chi connectivity index (χ2v) is 1.20. The van der Waals surface area contributed by atoms with Crippen LogP contribution in [0.5, 0.6) is 0 Å². The van der Waals surface area contributed by atoms with Gasteiger partial charge in [-0.15, -0.1) is 10.2 Å². The Kier molecular flexibility index (Phi) is 1.74. The average Bonchev–Trinajstić information content (AvgIpc) is 1.62. The fourth-order valence-electron chi connectivity index (χ4n) is 0.330. The molecule has 0 aromatic heterocycles. The highest BCUT2D eigenvalue weighted by Gasteiger charge is 1.67. The van der Waals surface area contributed by atoms with Gasteiger partial charge in [-0.3, -0.25) is 0 Å². The van der Waals surface area contributed by atoms with Crippen LogP contribution in [0.1, 0.15) is 0 Å². The van der Waals surface area contributed by atoms with Crippen LogP contribution < -0.4 is 0 Å². The summed E-state index contributed by atoms with van der Waals surface area (Å²) in [5, 5.41) is 10.4.